The molecule has 0 aromatic carbocycles. The number of piperidine rings is 1. The van der Waals surface area contributed by atoms with E-state index in [1.165, 1.54) is 6.42 Å². The van der Waals surface area contributed by atoms with Crippen LogP contribution in [0.1, 0.15) is 36.2 Å². The number of hydrogen-bond donors (Lipinski definition) is 0. The number of ether oxygens (including phenoxy) is 1. The summed E-state index contributed by atoms with van der Waals surface area (Å²) in [7, 11) is 0. The first kappa shape index (κ1) is 10.6. The molecule has 5 nitrogen and oxygen atoms in total. The standard InChI is InChI=1S/C12H17N3O2/c16-12(14-5-2-1-3-6-14)10-9-11-15(13-10)7-4-8-17-11/h9H,1-8H2. The van der Waals surface area contributed by atoms with Gasteiger partial charge in [0.2, 0.25) is 5.88 Å². The van der Waals surface area contributed by atoms with Gasteiger partial charge in [0.05, 0.1) is 6.61 Å². The van der Waals surface area contributed by atoms with Crippen molar-refractivity contribution in [3.63, 3.8) is 0 Å². The van der Waals surface area contributed by atoms with Crippen molar-refractivity contribution in [1.82, 2.24) is 14.7 Å². The molecule has 3 heterocycles. The van der Waals surface area contributed by atoms with Crippen LogP contribution in [0.2, 0.25) is 0 Å². The Balaban J connectivity index is 1.78. The van der Waals surface area contributed by atoms with Crippen LogP contribution in [0.25, 0.3) is 0 Å². The first-order valence-corrected chi connectivity index (χ1v) is 6.34. The molecule has 1 saturated heterocycles. The van der Waals surface area contributed by atoms with Crippen molar-refractivity contribution >= 4 is 5.91 Å². The van der Waals surface area contributed by atoms with Gasteiger partial charge in [-0.25, -0.2) is 4.68 Å². The van der Waals surface area contributed by atoms with Crippen LogP contribution in [0.15, 0.2) is 6.07 Å². The van der Waals surface area contributed by atoms with E-state index in [2.05, 4.69) is 5.10 Å². The highest BCUT2D eigenvalue weighted by Gasteiger charge is 2.23. The van der Waals surface area contributed by atoms with E-state index < -0.39 is 0 Å². The third-order valence-corrected chi connectivity index (χ3v) is 3.37. The Morgan fingerprint density at radius 1 is 1.18 bits per heavy atom. The van der Waals surface area contributed by atoms with Crippen LogP contribution in [0.5, 0.6) is 5.88 Å². The van der Waals surface area contributed by atoms with E-state index in [4.69, 9.17) is 4.74 Å². The van der Waals surface area contributed by atoms with Gasteiger partial charge in [0.25, 0.3) is 5.91 Å². The average Bonchev–Trinajstić information content (AvgIpc) is 2.82. The van der Waals surface area contributed by atoms with Crippen LogP contribution in [-0.2, 0) is 6.54 Å². The lowest BCUT2D eigenvalue weighted by Crippen LogP contribution is -2.35. The minimum atomic E-state index is 0.0511. The molecular weight excluding hydrogens is 218 g/mol. The van der Waals surface area contributed by atoms with Crippen molar-refractivity contribution < 1.29 is 9.53 Å². The Kier molecular flexibility index (Phi) is 2.74. The van der Waals surface area contributed by atoms with E-state index in [0.29, 0.717) is 5.69 Å². The fraction of sp³-hybridized carbons (Fsp3) is 0.667. The van der Waals surface area contributed by atoms with Crippen LogP contribution >= 0.6 is 0 Å². The third kappa shape index (κ3) is 2.01. The summed E-state index contributed by atoms with van der Waals surface area (Å²) in [6.45, 7) is 3.30. The average molecular weight is 235 g/mol. The van der Waals surface area contributed by atoms with Gasteiger partial charge in [0.1, 0.15) is 0 Å². The number of rotatable bonds is 1. The monoisotopic (exact) mass is 235 g/mol. The van der Waals surface area contributed by atoms with E-state index in [1.807, 2.05) is 4.90 Å². The maximum atomic E-state index is 12.2. The third-order valence-electron chi connectivity index (χ3n) is 3.37. The highest BCUT2D eigenvalue weighted by Crippen LogP contribution is 2.20. The van der Waals surface area contributed by atoms with E-state index in [-0.39, 0.29) is 5.91 Å². The Morgan fingerprint density at radius 2 is 2.00 bits per heavy atom. The van der Waals surface area contributed by atoms with E-state index in [9.17, 15) is 4.79 Å². The van der Waals surface area contributed by atoms with Crippen molar-refractivity contribution in [1.29, 1.82) is 0 Å². The molecular formula is C12H17N3O2. The van der Waals surface area contributed by atoms with Crippen molar-refractivity contribution in [3.8, 4) is 5.88 Å². The van der Waals surface area contributed by atoms with E-state index in [1.54, 1.807) is 10.7 Å². The first-order valence-electron chi connectivity index (χ1n) is 6.34. The molecule has 92 valence electrons. The molecule has 0 N–H and O–H groups in total. The predicted octanol–water partition coefficient (Wildman–Crippen LogP) is 1.29. The number of carbonyl (C=O) groups is 1. The number of aryl methyl sites for hydroxylation is 1. The lowest BCUT2D eigenvalue weighted by molar-refractivity contribution is 0.0717. The van der Waals surface area contributed by atoms with Crippen LogP contribution in [0.4, 0.5) is 0 Å². The maximum Gasteiger partial charge on any atom is 0.274 e. The Labute approximate surface area is 100 Å². The maximum absolute atomic E-state index is 12.2. The minimum Gasteiger partial charge on any atom is -0.478 e. The normalized spacial score (nSPS) is 19.6. The molecule has 0 saturated carbocycles. The molecule has 0 atom stereocenters. The van der Waals surface area contributed by atoms with Gasteiger partial charge < -0.3 is 9.64 Å². The van der Waals surface area contributed by atoms with Gasteiger partial charge in [0, 0.05) is 32.1 Å². The summed E-state index contributed by atoms with van der Waals surface area (Å²) < 4.78 is 7.26. The molecule has 1 aromatic rings. The van der Waals surface area contributed by atoms with Crippen LogP contribution in [-0.4, -0.2) is 40.3 Å². The fourth-order valence-electron chi connectivity index (χ4n) is 2.43. The molecule has 0 aliphatic carbocycles. The number of hydrogen-bond acceptors (Lipinski definition) is 3. The van der Waals surface area contributed by atoms with E-state index in [0.717, 1.165) is 51.4 Å². The van der Waals surface area contributed by atoms with E-state index >= 15 is 0 Å². The Bertz CT molecular complexity index is 398. The van der Waals surface area contributed by atoms with Crippen molar-refractivity contribution in [2.45, 2.75) is 32.2 Å². The summed E-state index contributed by atoms with van der Waals surface area (Å²) in [6, 6.07) is 1.77. The number of fused-ring (bicyclic) bond motifs is 1. The summed E-state index contributed by atoms with van der Waals surface area (Å²) >= 11 is 0. The van der Waals surface area contributed by atoms with Crippen molar-refractivity contribution in [2.24, 2.45) is 0 Å². The van der Waals surface area contributed by atoms with Crippen molar-refractivity contribution in [2.75, 3.05) is 19.7 Å². The quantitative estimate of drug-likeness (QED) is 0.737. The zero-order valence-corrected chi connectivity index (χ0v) is 9.89. The van der Waals surface area contributed by atoms with Gasteiger partial charge in [-0.2, -0.15) is 5.10 Å². The predicted molar refractivity (Wildman–Crippen MR) is 62.1 cm³/mol. The van der Waals surface area contributed by atoms with Gasteiger partial charge in [-0.1, -0.05) is 0 Å². The van der Waals surface area contributed by atoms with Gasteiger partial charge in [-0.15, -0.1) is 0 Å². The molecule has 2 aliphatic rings. The van der Waals surface area contributed by atoms with Gasteiger partial charge >= 0.3 is 0 Å². The second kappa shape index (κ2) is 4.39. The largest absolute Gasteiger partial charge is 0.478 e. The summed E-state index contributed by atoms with van der Waals surface area (Å²) in [5.74, 6) is 0.784. The first-order chi connectivity index (χ1) is 8.34. The van der Waals surface area contributed by atoms with Gasteiger partial charge in [0.15, 0.2) is 5.69 Å². The minimum absolute atomic E-state index is 0.0511. The molecule has 0 unspecified atom stereocenters. The molecule has 17 heavy (non-hydrogen) atoms. The zero-order chi connectivity index (χ0) is 11.7. The number of amides is 1. The fourth-order valence-corrected chi connectivity index (χ4v) is 2.43. The Morgan fingerprint density at radius 3 is 2.76 bits per heavy atom. The van der Waals surface area contributed by atoms with Crippen LogP contribution in [0, 0.1) is 0 Å². The number of nitrogens with zero attached hydrogens (tertiary/aromatic N) is 3. The Hall–Kier alpha value is -1.52. The summed E-state index contributed by atoms with van der Waals surface area (Å²) in [4.78, 5) is 14.1. The highest BCUT2D eigenvalue weighted by molar-refractivity contribution is 5.92. The van der Waals surface area contributed by atoms with Crippen LogP contribution in [0.3, 0.4) is 0 Å². The number of aromatic nitrogens is 2. The number of carbonyl (C=O) groups excluding carboxylic acids is 1. The topological polar surface area (TPSA) is 47.4 Å². The molecule has 2 aliphatic heterocycles. The lowest BCUT2D eigenvalue weighted by atomic mass is 10.1. The highest BCUT2D eigenvalue weighted by atomic mass is 16.5. The SMILES string of the molecule is O=C(c1cc2n(n1)CCCO2)N1CCCCC1. The summed E-state index contributed by atoms with van der Waals surface area (Å²) in [5.41, 5.74) is 0.531. The van der Waals surface area contributed by atoms with Gasteiger partial charge in [-0.3, -0.25) is 4.79 Å². The molecule has 0 radical (unpaired) electrons. The van der Waals surface area contributed by atoms with Crippen LogP contribution < -0.4 is 4.74 Å². The molecule has 5 heteroatoms. The van der Waals surface area contributed by atoms with Gasteiger partial charge in [-0.05, 0) is 19.3 Å². The smallest absolute Gasteiger partial charge is 0.274 e. The summed E-state index contributed by atoms with van der Waals surface area (Å²) in [6.07, 6.45) is 4.41. The molecule has 0 bridgehead atoms. The second-order valence-corrected chi connectivity index (χ2v) is 4.65. The molecule has 0 spiro atoms. The van der Waals surface area contributed by atoms with Crippen molar-refractivity contribution in [3.05, 3.63) is 11.8 Å². The summed E-state index contributed by atoms with van der Waals surface area (Å²) in [5, 5.41) is 4.33. The molecule has 3 rings (SSSR count). The lowest BCUT2D eigenvalue weighted by Gasteiger charge is -2.25. The zero-order valence-electron chi connectivity index (χ0n) is 9.89. The molecule has 1 amide bonds. The molecule has 1 fully saturated rings. The molecule has 1 aromatic heterocycles. The number of likely N-dealkylation sites (tertiary alicyclic amines) is 1. The second-order valence-electron chi connectivity index (χ2n) is 4.65.